The normalized spacial score (nSPS) is 14.5. The van der Waals surface area contributed by atoms with Crippen LogP contribution >= 0.6 is 22.9 Å². The second-order valence-corrected chi connectivity index (χ2v) is 8.53. The highest BCUT2D eigenvalue weighted by Gasteiger charge is 2.23. The largest absolute Gasteiger partial charge is 0.336 e. The quantitative estimate of drug-likeness (QED) is 0.603. The van der Waals surface area contributed by atoms with Crippen LogP contribution in [0.25, 0.3) is 16.3 Å². The summed E-state index contributed by atoms with van der Waals surface area (Å²) in [6, 6.07) is 13.1. The van der Waals surface area contributed by atoms with E-state index in [1.165, 1.54) is 0 Å². The number of benzene rings is 2. The number of urea groups is 1. The van der Waals surface area contributed by atoms with Gasteiger partial charge >= 0.3 is 6.03 Å². The summed E-state index contributed by atoms with van der Waals surface area (Å²) in [4.78, 5) is 32.9. The molecule has 1 aromatic heterocycles. The van der Waals surface area contributed by atoms with Crippen molar-refractivity contribution in [3.63, 3.8) is 0 Å². The monoisotopic (exact) mass is 440 g/mol. The van der Waals surface area contributed by atoms with Gasteiger partial charge in [-0.3, -0.25) is 4.79 Å². The smallest absolute Gasteiger partial charge is 0.321 e. The van der Waals surface area contributed by atoms with Crippen molar-refractivity contribution < 1.29 is 9.59 Å². The third-order valence-electron chi connectivity index (χ3n) is 4.98. The molecular weight excluding hydrogens is 420 g/mol. The lowest BCUT2D eigenvalue weighted by molar-refractivity contribution is -0.127. The van der Waals surface area contributed by atoms with Crippen molar-refractivity contribution in [3.8, 4) is 0 Å². The Balaban J connectivity index is 1.30. The number of rotatable bonds is 3. The average Bonchev–Trinajstić information content (AvgIpc) is 3.18. The number of thiazole rings is 1. The maximum Gasteiger partial charge on any atom is 0.321 e. The van der Waals surface area contributed by atoms with Gasteiger partial charge in [-0.15, -0.1) is 11.3 Å². The second-order valence-electron chi connectivity index (χ2n) is 7.06. The van der Waals surface area contributed by atoms with Gasteiger partial charge in [0.15, 0.2) is 0 Å². The number of hydrogen-bond acceptors (Lipinski definition) is 4. The molecule has 3 aromatic rings. The molecule has 3 amide bonds. The Labute approximate surface area is 183 Å². The van der Waals surface area contributed by atoms with Crippen LogP contribution in [0.15, 0.2) is 48.5 Å². The third-order valence-corrected chi connectivity index (χ3v) is 6.39. The van der Waals surface area contributed by atoms with Gasteiger partial charge in [0.1, 0.15) is 5.01 Å². The number of anilines is 1. The van der Waals surface area contributed by atoms with Crippen molar-refractivity contribution in [3.05, 3.63) is 64.1 Å². The highest BCUT2D eigenvalue weighted by molar-refractivity contribution is 7.19. The van der Waals surface area contributed by atoms with Crippen molar-refractivity contribution in [2.75, 3.05) is 31.5 Å². The minimum absolute atomic E-state index is 0.0698. The zero-order chi connectivity index (χ0) is 21.1. The number of hydrogen-bond donors (Lipinski definition) is 1. The standard InChI is InChI=1S/C22H21ClN4O2S/c1-15-6-7-16(14-17(15)23)24-22(29)27-12-10-26(11-13-27)21(28)9-8-20-25-18-4-2-3-5-19(18)30-20/h2-9,14H,10-13H2,1H3,(H,24,29). The maximum atomic E-state index is 12.5. The second kappa shape index (κ2) is 8.85. The Morgan fingerprint density at radius 2 is 1.83 bits per heavy atom. The maximum absolute atomic E-state index is 12.5. The molecule has 8 heteroatoms. The molecule has 0 radical (unpaired) electrons. The topological polar surface area (TPSA) is 65.5 Å². The molecule has 2 heterocycles. The summed E-state index contributed by atoms with van der Waals surface area (Å²) in [7, 11) is 0. The summed E-state index contributed by atoms with van der Waals surface area (Å²) < 4.78 is 1.10. The third kappa shape index (κ3) is 4.63. The van der Waals surface area contributed by atoms with Crippen LogP contribution in [0.2, 0.25) is 5.02 Å². The van der Waals surface area contributed by atoms with Crippen LogP contribution in [-0.4, -0.2) is 52.9 Å². The first kappa shape index (κ1) is 20.4. The fourth-order valence-corrected chi connectivity index (χ4v) is 4.26. The molecule has 0 saturated carbocycles. The van der Waals surface area contributed by atoms with E-state index in [2.05, 4.69) is 10.3 Å². The minimum atomic E-state index is -0.188. The lowest BCUT2D eigenvalue weighted by Crippen LogP contribution is -2.51. The molecule has 1 aliphatic heterocycles. The molecule has 1 aliphatic rings. The highest BCUT2D eigenvalue weighted by Crippen LogP contribution is 2.23. The van der Waals surface area contributed by atoms with E-state index < -0.39 is 0 Å². The molecular formula is C22H21ClN4O2S. The van der Waals surface area contributed by atoms with Crippen LogP contribution in [0.1, 0.15) is 10.6 Å². The van der Waals surface area contributed by atoms with Gasteiger partial charge in [0.2, 0.25) is 5.91 Å². The first-order valence-corrected chi connectivity index (χ1v) is 10.8. The Bertz CT molecular complexity index is 1090. The first-order valence-electron chi connectivity index (χ1n) is 9.64. The summed E-state index contributed by atoms with van der Waals surface area (Å²) >= 11 is 7.67. The fraction of sp³-hybridized carbons (Fsp3) is 0.227. The number of amides is 3. The lowest BCUT2D eigenvalue weighted by Gasteiger charge is -2.34. The molecule has 6 nitrogen and oxygen atoms in total. The van der Waals surface area contributed by atoms with Crippen molar-refractivity contribution in [2.24, 2.45) is 0 Å². The van der Waals surface area contributed by atoms with Gasteiger partial charge in [0, 0.05) is 43.0 Å². The van der Waals surface area contributed by atoms with Crippen molar-refractivity contribution in [1.82, 2.24) is 14.8 Å². The number of halogens is 1. The van der Waals surface area contributed by atoms with E-state index in [0.29, 0.717) is 36.9 Å². The summed E-state index contributed by atoms with van der Waals surface area (Å²) in [5.74, 6) is -0.0698. The number of carbonyl (C=O) groups is 2. The molecule has 0 spiro atoms. The van der Waals surface area contributed by atoms with E-state index >= 15 is 0 Å². The van der Waals surface area contributed by atoms with Crippen LogP contribution in [0, 0.1) is 6.92 Å². The zero-order valence-electron chi connectivity index (χ0n) is 16.5. The zero-order valence-corrected chi connectivity index (χ0v) is 18.0. The molecule has 2 aromatic carbocycles. The van der Waals surface area contributed by atoms with E-state index in [1.807, 2.05) is 43.3 Å². The number of nitrogens with one attached hydrogen (secondary N) is 1. The van der Waals surface area contributed by atoms with Gasteiger partial charge in [0.25, 0.3) is 0 Å². The van der Waals surface area contributed by atoms with E-state index in [-0.39, 0.29) is 11.9 Å². The van der Waals surface area contributed by atoms with Crippen LogP contribution < -0.4 is 5.32 Å². The number of para-hydroxylation sites is 1. The Morgan fingerprint density at radius 3 is 2.57 bits per heavy atom. The predicted molar refractivity (Wildman–Crippen MR) is 122 cm³/mol. The summed E-state index contributed by atoms with van der Waals surface area (Å²) in [6.07, 6.45) is 3.31. The number of piperazine rings is 1. The highest BCUT2D eigenvalue weighted by atomic mass is 35.5. The molecule has 30 heavy (non-hydrogen) atoms. The molecule has 0 bridgehead atoms. The van der Waals surface area contributed by atoms with Crippen molar-refractivity contribution in [1.29, 1.82) is 0 Å². The lowest BCUT2D eigenvalue weighted by atomic mass is 10.2. The molecule has 1 fully saturated rings. The number of nitrogens with zero attached hydrogens (tertiary/aromatic N) is 3. The van der Waals surface area contributed by atoms with Gasteiger partial charge in [-0.25, -0.2) is 9.78 Å². The molecule has 4 rings (SSSR count). The molecule has 1 saturated heterocycles. The average molecular weight is 441 g/mol. The molecule has 0 unspecified atom stereocenters. The van der Waals surface area contributed by atoms with Gasteiger partial charge in [-0.2, -0.15) is 0 Å². The fourth-order valence-electron chi connectivity index (χ4n) is 3.21. The molecule has 154 valence electrons. The van der Waals surface area contributed by atoms with Crippen LogP contribution in [0.5, 0.6) is 0 Å². The van der Waals surface area contributed by atoms with Gasteiger partial charge in [-0.05, 0) is 42.8 Å². The minimum Gasteiger partial charge on any atom is -0.336 e. The molecule has 0 atom stereocenters. The van der Waals surface area contributed by atoms with E-state index in [0.717, 1.165) is 20.8 Å². The van der Waals surface area contributed by atoms with Gasteiger partial charge < -0.3 is 15.1 Å². The summed E-state index contributed by atoms with van der Waals surface area (Å²) in [5.41, 5.74) is 2.55. The molecule has 0 aliphatic carbocycles. The summed E-state index contributed by atoms with van der Waals surface area (Å²) in [6.45, 7) is 3.85. The Morgan fingerprint density at radius 1 is 1.10 bits per heavy atom. The SMILES string of the molecule is Cc1ccc(NC(=O)N2CCN(C(=O)C=Cc3nc4ccccc4s3)CC2)cc1Cl. The van der Waals surface area contributed by atoms with E-state index in [1.54, 1.807) is 39.4 Å². The molecule has 1 N–H and O–H groups in total. The Hall–Kier alpha value is -2.90. The predicted octanol–water partition coefficient (Wildman–Crippen LogP) is 4.65. The summed E-state index contributed by atoms with van der Waals surface area (Å²) in [5, 5.41) is 4.28. The number of aryl methyl sites for hydroxylation is 1. The van der Waals surface area contributed by atoms with Gasteiger partial charge in [-0.1, -0.05) is 29.8 Å². The van der Waals surface area contributed by atoms with Crippen LogP contribution in [0.3, 0.4) is 0 Å². The number of carbonyl (C=O) groups excluding carboxylic acids is 2. The van der Waals surface area contributed by atoms with E-state index in [4.69, 9.17) is 11.6 Å². The van der Waals surface area contributed by atoms with Crippen molar-refractivity contribution >= 4 is 56.9 Å². The Kier molecular flexibility index (Phi) is 6.01. The van der Waals surface area contributed by atoms with Crippen molar-refractivity contribution in [2.45, 2.75) is 6.92 Å². The number of fused-ring (bicyclic) bond motifs is 1. The van der Waals surface area contributed by atoms with Crippen LogP contribution in [0.4, 0.5) is 10.5 Å². The van der Waals surface area contributed by atoms with Crippen LogP contribution in [-0.2, 0) is 4.79 Å². The first-order chi connectivity index (χ1) is 14.5. The van der Waals surface area contributed by atoms with E-state index in [9.17, 15) is 9.59 Å². The number of aromatic nitrogens is 1. The van der Waals surface area contributed by atoms with Gasteiger partial charge in [0.05, 0.1) is 10.2 Å².